The van der Waals surface area contributed by atoms with Crippen LogP contribution in [0.3, 0.4) is 0 Å². The molecule has 0 radical (unpaired) electrons. The Morgan fingerprint density at radius 2 is 1.33 bits per heavy atom. The zero-order chi connectivity index (χ0) is 11.6. The molecule has 0 saturated carbocycles. The predicted octanol–water partition coefficient (Wildman–Crippen LogP) is 0.494. The van der Waals surface area contributed by atoms with E-state index in [2.05, 4.69) is 55.4 Å². The van der Waals surface area contributed by atoms with Gasteiger partial charge in [0.15, 0.2) is 9.76 Å². The molecule has 0 heterocycles. The van der Waals surface area contributed by atoms with Crippen molar-refractivity contribution in [3.05, 3.63) is 0 Å². The van der Waals surface area contributed by atoms with Gasteiger partial charge in [-0.2, -0.15) is 0 Å². The summed E-state index contributed by atoms with van der Waals surface area (Å²) in [6, 6.07) is 0. The van der Waals surface area contributed by atoms with Crippen LogP contribution in [0.15, 0.2) is 0 Å². The van der Waals surface area contributed by atoms with Crippen LogP contribution in [0.2, 0.25) is 5.04 Å². The topological polar surface area (TPSA) is 9.23 Å². The summed E-state index contributed by atoms with van der Waals surface area (Å²) in [6.07, 6.45) is 0. The quantitative estimate of drug-likeness (QED) is 0.634. The van der Waals surface area contributed by atoms with Gasteiger partial charge in [0, 0.05) is 6.61 Å². The maximum absolute atomic E-state index is 5.93. The molecule has 0 aliphatic carbocycles. The molecule has 0 unspecified atom stereocenters. The molecule has 0 aliphatic rings. The van der Waals surface area contributed by atoms with Gasteiger partial charge in [0.05, 0.1) is 0 Å². The number of hydrogen-bond donors (Lipinski definition) is 0. The van der Waals surface area contributed by atoms with Crippen molar-refractivity contribution in [1.82, 2.24) is 0 Å². The second-order valence-corrected chi connectivity index (χ2v) is 9.65. The van der Waals surface area contributed by atoms with Crippen LogP contribution in [-0.4, -0.2) is 16.4 Å². The summed E-state index contributed by atoms with van der Waals surface area (Å²) >= 11 is 0. The minimum absolute atomic E-state index is 0. The first kappa shape index (κ1) is 18.1. The summed E-state index contributed by atoms with van der Waals surface area (Å²) in [7, 11) is -0.445. The number of hydrogen-bond acceptors (Lipinski definition) is 1. The van der Waals surface area contributed by atoms with Crippen molar-refractivity contribution in [2.75, 3.05) is 6.61 Å². The molecule has 15 heavy (non-hydrogen) atoms. The summed E-state index contributed by atoms with van der Waals surface area (Å²) in [4.78, 5) is 0. The standard InChI is InChI=1S/C12H28OSi.Li.H/c1-10(2,3)9-13-14-12(7,8)11(4,5)6;;/h9,14H2,1-8H3;;/q;+1;-1. The van der Waals surface area contributed by atoms with Crippen LogP contribution < -0.4 is 18.9 Å². The molecule has 0 amide bonds. The van der Waals surface area contributed by atoms with E-state index in [4.69, 9.17) is 4.43 Å². The van der Waals surface area contributed by atoms with Gasteiger partial charge < -0.3 is 5.85 Å². The van der Waals surface area contributed by atoms with E-state index in [1.807, 2.05) is 0 Å². The van der Waals surface area contributed by atoms with Gasteiger partial charge in [-0.1, -0.05) is 55.4 Å². The molecule has 1 nitrogen and oxygen atoms in total. The fraction of sp³-hybridized carbons (Fsp3) is 1.00. The molecule has 0 aromatic carbocycles. The van der Waals surface area contributed by atoms with Crippen molar-refractivity contribution in [3.8, 4) is 0 Å². The van der Waals surface area contributed by atoms with Crippen LogP contribution >= 0.6 is 0 Å². The first-order valence-corrected chi connectivity index (χ1v) is 6.82. The summed E-state index contributed by atoms with van der Waals surface area (Å²) in [5.41, 5.74) is 0.665. The third kappa shape index (κ3) is 7.63. The summed E-state index contributed by atoms with van der Waals surface area (Å²) < 4.78 is 5.93. The van der Waals surface area contributed by atoms with E-state index in [1.54, 1.807) is 0 Å². The molecule has 0 saturated heterocycles. The molecule has 0 rings (SSSR count). The van der Waals surface area contributed by atoms with Crippen LogP contribution in [0.5, 0.6) is 0 Å². The van der Waals surface area contributed by atoms with E-state index < -0.39 is 9.76 Å². The molecular weight excluding hydrogens is 195 g/mol. The Morgan fingerprint density at radius 1 is 0.933 bits per heavy atom. The fourth-order valence-electron chi connectivity index (χ4n) is 0.829. The predicted molar refractivity (Wildman–Crippen MR) is 68.6 cm³/mol. The van der Waals surface area contributed by atoms with E-state index in [-0.39, 0.29) is 20.3 Å². The average molecular weight is 224 g/mol. The SMILES string of the molecule is CC(C)(C)CO[SiH2]C(C)(C)C(C)(C)C.[H-].[Li+]. The molecule has 3 heteroatoms. The van der Waals surface area contributed by atoms with Crippen LogP contribution in [0.4, 0.5) is 0 Å². The Bertz CT molecular complexity index is 182. The molecule has 0 atom stereocenters. The number of rotatable bonds is 3. The zero-order valence-corrected chi connectivity index (χ0v) is 13.7. The third-order valence-corrected chi connectivity index (χ3v) is 5.22. The Kier molecular flexibility index (Phi) is 7.15. The van der Waals surface area contributed by atoms with E-state index in [9.17, 15) is 0 Å². The minimum atomic E-state index is -0.445. The molecule has 0 aromatic rings. The molecule has 0 aliphatic heterocycles. The van der Waals surface area contributed by atoms with Crippen LogP contribution in [0.1, 0.15) is 56.8 Å². The van der Waals surface area contributed by atoms with Gasteiger partial charge in [-0.15, -0.1) is 0 Å². The van der Waals surface area contributed by atoms with Gasteiger partial charge >= 0.3 is 18.9 Å². The average Bonchev–Trinajstić information content (AvgIpc) is 1.80. The smallest absolute Gasteiger partial charge is 1.00 e. The minimum Gasteiger partial charge on any atom is -1.00 e. The van der Waals surface area contributed by atoms with Crippen LogP contribution in [0.25, 0.3) is 0 Å². The Morgan fingerprint density at radius 3 is 1.60 bits per heavy atom. The summed E-state index contributed by atoms with van der Waals surface area (Å²) in [5, 5.41) is 0.373. The molecule has 88 valence electrons. The van der Waals surface area contributed by atoms with Crippen molar-refractivity contribution in [2.45, 2.75) is 60.4 Å². The second kappa shape index (κ2) is 5.91. The molecule has 0 bridgehead atoms. The van der Waals surface area contributed by atoms with Crippen molar-refractivity contribution < 1.29 is 24.7 Å². The van der Waals surface area contributed by atoms with E-state index in [0.29, 0.717) is 15.9 Å². The Hall–Kier alpha value is 0.774. The second-order valence-electron chi connectivity index (χ2n) is 7.19. The van der Waals surface area contributed by atoms with Gasteiger partial charge in [0.25, 0.3) is 0 Å². The van der Waals surface area contributed by atoms with Gasteiger partial charge in [-0.05, 0) is 15.9 Å². The molecule has 0 N–H and O–H groups in total. The van der Waals surface area contributed by atoms with Crippen molar-refractivity contribution in [2.24, 2.45) is 10.8 Å². The maximum Gasteiger partial charge on any atom is 1.00 e. The molecule has 0 spiro atoms. The maximum atomic E-state index is 5.93. The van der Waals surface area contributed by atoms with E-state index >= 15 is 0 Å². The Balaban J connectivity index is -0.000000845. The van der Waals surface area contributed by atoms with Gasteiger partial charge in [0.1, 0.15) is 0 Å². The molecule has 0 aromatic heterocycles. The normalized spacial score (nSPS) is 14.4. The Labute approximate surface area is 112 Å². The van der Waals surface area contributed by atoms with Crippen molar-refractivity contribution in [1.29, 1.82) is 0 Å². The van der Waals surface area contributed by atoms with Gasteiger partial charge in [-0.3, -0.25) is 0 Å². The van der Waals surface area contributed by atoms with Gasteiger partial charge in [-0.25, -0.2) is 0 Å². The monoisotopic (exact) mass is 224 g/mol. The van der Waals surface area contributed by atoms with Crippen LogP contribution in [-0.2, 0) is 4.43 Å². The zero-order valence-electron chi connectivity index (χ0n) is 13.3. The molecule has 0 fully saturated rings. The third-order valence-electron chi connectivity index (χ3n) is 3.03. The first-order chi connectivity index (χ1) is 5.96. The summed E-state index contributed by atoms with van der Waals surface area (Å²) in [5.74, 6) is 0. The van der Waals surface area contributed by atoms with E-state index in [1.165, 1.54) is 0 Å². The van der Waals surface area contributed by atoms with Gasteiger partial charge in [0.2, 0.25) is 0 Å². The van der Waals surface area contributed by atoms with E-state index in [0.717, 1.165) is 6.61 Å². The summed E-state index contributed by atoms with van der Waals surface area (Å²) in [6.45, 7) is 19.2. The van der Waals surface area contributed by atoms with Crippen molar-refractivity contribution >= 4 is 9.76 Å². The fourth-order valence-corrected chi connectivity index (χ4v) is 2.49. The molecular formula is C12H29LiOSi. The van der Waals surface area contributed by atoms with Crippen molar-refractivity contribution in [3.63, 3.8) is 0 Å². The van der Waals surface area contributed by atoms with Crippen LogP contribution in [0, 0.1) is 10.8 Å². The largest absolute Gasteiger partial charge is 1.00 e. The first-order valence-electron chi connectivity index (χ1n) is 5.53.